The van der Waals surface area contributed by atoms with Crippen LogP contribution < -0.4 is 5.43 Å². The summed E-state index contributed by atoms with van der Waals surface area (Å²) in [7, 11) is 1.50. The SMILES string of the molecule is CC(c1oc2cccc(F)c2c(=O)c1-c1cccc(F)c1)N(C)C(=O)c1ccccc1C=O. The van der Waals surface area contributed by atoms with Crippen LogP contribution >= 0.6 is 0 Å². The minimum absolute atomic E-state index is 0.0103. The third-order valence-electron chi connectivity index (χ3n) is 5.61. The van der Waals surface area contributed by atoms with E-state index in [0.29, 0.717) is 6.29 Å². The number of amides is 1. The summed E-state index contributed by atoms with van der Waals surface area (Å²) in [5.74, 6) is -1.74. The highest BCUT2D eigenvalue weighted by atomic mass is 19.1. The molecule has 166 valence electrons. The first-order valence-corrected chi connectivity index (χ1v) is 10.2. The van der Waals surface area contributed by atoms with Gasteiger partial charge in [-0.05, 0) is 42.8 Å². The van der Waals surface area contributed by atoms with Crippen LogP contribution in [0.25, 0.3) is 22.1 Å². The molecule has 0 aliphatic carbocycles. The highest BCUT2D eigenvalue weighted by molar-refractivity contribution is 6.01. The maximum atomic E-state index is 14.5. The Kier molecular flexibility index (Phi) is 5.87. The lowest BCUT2D eigenvalue weighted by Crippen LogP contribution is -2.31. The fourth-order valence-corrected chi connectivity index (χ4v) is 3.76. The molecule has 0 spiro atoms. The molecule has 1 heterocycles. The monoisotopic (exact) mass is 447 g/mol. The van der Waals surface area contributed by atoms with Crippen LogP contribution in [0.15, 0.2) is 75.9 Å². The summed E-state index contributed by atoms with van der Waals surface area (Å²) in [6.45, 7) is 1.63. The fraction of sp³-hybridized carbons (Fsp3) is 0.115. The summed E-state index contributed by atoms with van der Waals surface area (Å²) in [5, 5.41) is -0.256. The number of halogens is 2. The predicted molar refractivity (Wildman–Crippen MR) is 120 cm³/mol. The van der Waals surface area contributed by atoms with Crippen molar-refractivity contribution in [2.45, 2.75) is 13.0 Å². The Labute approximate surface area is 187 Å². The molecule has 1 aromatic heterocycles. The average molecular weight is 447 g/mol. The molecule has 5 nitrogen and oxygen atoms in total. The van der Waals surface area contributed by atoms with Crippen molar-refractivity contribution in [1.82, 2.24) is 4.90 Å². The molecule has 1 atom stereocenters. The molecule has 4 aromatic rings. The van der Waals surface area contributed by atoms with E-state index in [1.165, 1.54) is 54.4 Å². The maximum Gasteiger partial charge on any atom is 0.254 e. The quantitative estimate of drug-likeness (QED) is 0.385. The minimum atomic E-state index is -0.809. The molecule has 0 aliphatic rings. The third-order valence-corrected chi connectivity index (χ3v) is 5.61. The molecule has 33 heavy (non-hydrogen) atoms. The molecular weight excluding hydrogens is 428 g/mol. The Morgan fingerprint density at radius 2 is 1.76 bits per heavy atom. The number of rotatable bonds is 5. The molecule has 1 unspecified atom stereocenters. The number of hydrogen-bond acceptors (Lipinski definition) is 4. The first-order chi connectivity index (χ1) is 15.8. The maximum absolute atomic E-state index is 14.5. The molecular formula is C26H19F2NO4. The van der Waals surface area contributed by atoms with Crippen molar-refractivity contribution < 1.29 is 22.8 Å². The van der Waals surface area contributed by atoms with Gasteiger partial charge in [-0.15, -0.1) is 0 Å². The van der Waals surface area contributed by atoms with E-state index < -0.39 is 29.0 Å². The molecule has 0 radical (unpaired) electrons. The molecule has 0 saturated heterocycles. The number of hydrogen-bond donors (Lipinski definition) is 0. The van der Waals surface area contributed by atoms with Crippen molar-refractivity contribution in [2.75, 3.05) is 7.05 Å². The zero-order chi connectivity index (χ0) is 23.7. The van der Waals surface area contributed by atoms with E-state index in [9.17, 15) is 23.2 Å². The van der Waals surface area contributed by atoms with Crippen LogP contribution in [-0.2, 0) is 0 Å². The number of benzene rings is 3. The van der Waals surface area contributed by atoms with Crippen molar-refractivity contribution in [3.8, 4) is 11.1 Å². The molecule has 0 saturated carbocycles. The van der Waals surface area contributed by atoms with Crippen LogP contribution in [0.3, 0.4) is 0 Å². The normalized spacial score (nSPS) is 11.9. The zero-order valence-electron chi connectivity index (χ0n) is 17.8. The highest BCUT2D eigenvalue weighted by Crippen LogP contribution is 2.33. The van der Waals surface area contributed by atoms with Gasteiger partial charge in [0.25, 0.3) is 5.91 Å². The first kappa shape index (κ1) is 22.1. The number of fused-ring (bicyclic) bond motifs is 1. The van der Waals surface area contributed by atoms with Gasteiger partial charge in [-0.3, -0.25) is 14.4 Å². The highest BCUT2D eigenvalue weighted by Gasteiger charge is 2.28. The summed E-state index contributed by atoms with van der Waals surface area (Å²) < 4.78 is 34.5. The molecule has 0 fully saturated rings. The summed E-state index contributed by atoms with van der Waals surface area (Å²) >= 11 is 0. The van der Waals surface area contributed by atoms with Crippen LogP contribution in [0.2, 0.25) is 0 Å². The Morgan fingerprint density at radius 3 is 2.48 bits per heavy atom. The Balaban J connectivity index is 1.92. The second-order valence-electron chi connectivity index (χ2n) is 7.59. The standard InChI is InChI=1S/C26H19F2NO4/c1-15(29(2)26(32)19-10-4-3-7-17(19)14-30)25-22(16-8-5-9-18(27)13-16)24(31)23-20(28)11-6-12-21(23)33-25/h3-15H,1-2H3. The van der Waals surface area contributed by atoms with Crippen LogP contribution in [0.1, 0.15) is 39.4 Å². The van der Waals surface area contributed by atoms with E-state index in [2.05, 4.69) is 0 Å². The molecule has 0 bridgehead atoms. The molecule has 4 rings (SSSR count). The Hall–Kier alpha value is -4.13. The van der Waals surface area contributed by atoms with Crippen LogP contribution in [0, 0.1) is 11.6 Å². The summed E-state index contributed by atoms with van der Waals surface area (Å²) in [6, 6.07) is 14.8. The lowest BCUT2D eigenvalue weighted by molar-refractivity contribution is 0.0724. The number of carbonyl (C=O) groups is 2. The molecule has 0 N–H and O–H groups in total. The van der Waals surface area contributed by atoms with Crippen molar-refractivity contribution in [1.29, 1.82) is 0 Å². The first-order valence-electron chi connectivity index (χ1n) is 10.2. The van der Waals surface area contributed by atoms with Gasteiger partial charge in [-0.25, -0.2) is 8.78 Å². The van der Waals surface area contributed by atoms with Crippen LogP contribution in [-0.4, -0.2) is 24.1 Å². The van der Waals surface area contributed by atoms with E-state index in [1.807, 2.05) is 0 Å². The van der Waals surface area contributed by atoms with Gasteiger partial charge >= 0.3 is 0 Å². The molecule has 1 amide bonds. The van der Waals surface area contributed by atoms with Gasteiger partial charge in [-0.2, -0.15) is 0 Å². The van der Waals surface area contributed by atoms with Crippen molar-refractivity contribution in [3.05, 3.63) is 105 Å². The summed E-state index contributed by atoms with van der Waals surface area (Å²) in [5.41, 5.74) is -0.0998. The van der Waals surface area contributed by atoms with E-state index in [1.54, 1.807) is 19.1 Å². The van der Waals surface area contributed by atoms with Gasteiger partial charge in [0.05, 0.1) is 17.2 Å². The van der Waals surface area contributed by atoms with Crippen molar-refractivity contribution in [2.24, 2.45) is 0 Å². The van der Waals surface area contributed by atoms with Crippen molar-refractivity contribution >= 4 is 23.2 Å². The van der Waals surface area contributed by atoms with Gasteiger partial charge in [0.2, 0.25) is 5.43 Å². The zero-order valence-corrected chi connectivity index (χ0v) is 17.8. The Morgan fingerprint density at radius 1 is 1.03 bits per heavy atom. The van der Waals surface area contributed by atoms with Gasteiger partial charge in [-0.1, -0.05) is 36.4 Å². The van der Waals surface area contributed by atoms with Crippen LogP contribution in [0.4, 0.5) is 8.78 Å². The number of nitrogens with zero attached hydrogens (tertiary/aromatic N) is 1. The van der Waals surface area contributed by atoms with Crippen LogP contribution in [0.5, 0.6) is 0 Å². The lowest BCUT2D eigenvalue weighted by atomic mass is 9.98. The summed E-state index contributed by atoms with van der Waals surface area (Å²) in [6.07, 6.45) is 0.586. The van der Waals surface area contributed by atoms with Crippen molar-refractivity contribution in [3.63, 3.8) is 0 Å². The topological polar surface area (TPSA) is 67.6 Å². The average Bonchev–Trinajstić information content (AvgIpc) is 2.82. The van der Waals surface area contributed by atoms with E-state index in [0.717, 1.165) is 12.1 Å². The van der Waals surface area contributed by atoms with Gasteiger partial charge in [0.1, 0.15) is 28.4 Å². The largest absolute Gasteiger partial charge is 0.458 e. The predicted octanol–water partition coefficient (Wildman–Crippen LogP) is 5.38. The fourth-order valence-electron chi connectivity index (χ4n) is 3.76. The minimum Gasteiger partial charge on any atom is -0.458 e. The molecule has 3 aromatic carbocycles. The van der Waals surface area contributed by atoms with E-state index in [4.69, 9.17) is 4.42 Å². The van der Waals surface area contributed by atoms with Gasteiger partial charge in [0, 0.05) is 12.6 Å². The van der Waals surface area contributed by atoms with Gasteiger partial charge in [0.15, 0.2) is 6.29 Å². The van der Waals surface area contributed by atoms with E-state index in [-0.39, 0.29) is 39.0 Å². The number of aldehydes is 1. The van der Waals surface area contributed by atoms with E-state index >= 15 is 0 Å². The molecule has 0 aliphatic heterocycles. The lowest BCUT2D eigenvalue weighted by Gasteiger charge is -2.26. The second-order valence-corrected chi connectivity index (χ2v) is 7.59. The molecule has 7 heteroatoms. The third kappa shape index (κ3) is 3.93. The Bertz CT molecular complexity index is 1440. The second kappa shape index (κ2) is 8.78. The van der Waals surface area contributed by atoms with Gasteiger partial charge < -0.3 is 9.32 Å². The number of carbonyl (C=O) groups excluding carboxylic acids is 2. The summed E-state index contributed by atoms with van der Waals surface area (Å²) in [4.78, 5) is 39.2. The smallest absolute Gasteiger partial charge is 0.254 e.